The van der Waals surface area contributed by atoms with E-state index in [1.807, 2.05) is 24.3 Å². The van der Waals surface area contributed by atoms with Crippen LogP contribution in [-0.4, -0.2) is 27.2 Å². The van der Waals surface area contributed by atoms with Crippen LogP contribution in [0.3, 0.4) is 0 Å². The molecule has 0 aliphatic rings. The summed E-state index contributed by atoms with van der Waals surface area (Å²) in [5.74, 6) is 0.292. The molecule has 0 radical (unpaired) electrons. The van der Waals surface area contributed by atoms with E-state index >= 15 is 0 Å². The molecule has 1 aromatic heterocycles. The molecule has 7 heteroatoms. The average molecular weight is 440 g/mol. The first-order chi connectivity index (χ1) is 14.8. The van der Waals surface area contributed by atoms with E-state index in [9.17, 15) is 14.7 Å². The third-order valence-electron chi connectivity index (χ3n) is 5.09. The van der Waals surface area contributed by atoms with Gasteiger partial charge in [-0.15, -0.1) is 0 Å². The fraction of sp³-hybridized carbons (Fsp3) is 0.292. The Kier molecular flexibility index (Phi) is 7.25. The highest BCUT2D eigenvalue weighted by Crippen LogP contribution is 2.24. The molecule has 6 nitrogen and oxygen atoms in total. The Hall–Kier alpha value is -2.96. The van der Waals surface area contributed by atoms with Gasteiger partial charge in [0.25, 0.3) is 5.56 Å². The summed E-state index contributed by atoms with van der Waals surface area (Å²) in [6.45, 7) is 5.47. The molecule has 0 bridgehead atoms. The van der Waals surface area contributed by atoms with Crippen LogP contribution in [-0.2, 0) is 17.8 Å². The van der Waals surface area contributed by atoms with Crippen molar-refractivity contribution in [2.24, 2.45) is 0 Å². The number of rotatable bonds is 7. The molecule has 1 amide bonds. The van der Waals surface area contributed by atoms with E-state index in [-0.39, 0.29) is 37.0 Å². The van der Waals surface area contributed by atoms with Crippen molar-refractivity contribution >= 4 is 23.2 Å². The standard InChI is InChI=1S/C24H26ClN3O3/c1-15(2)19-6-4-5-7-21(19)27-22(30)14-28-23(17-8-10-18(25)11-9-17)26-16(3)20(12-13-29)24(28)31/h4-11,15,29H,12-14H2,1-3H3,(H,27,30). The zero-order valence-electron chi connectivity index (χ0n) is 17.9. The number of benzene rings is 2. The number of anilines is 1. The maximum Gasteiger partial charge on any atom is 0.257 e. The highest BCUT2D eigenvalue weighted by Gasteiger charge is 2.18. The van der Waals surface area contributed by atoms with Crippen LogP contribution in [0.1, 0.15) is 36.6 Å². The number of aryl methyl sites for hydroxylation is 1. The predicted octanol–water partition coefficient (Wildman–Crippen LogP) is 4.17. The number of para-hydroxylation sites is 1. The lowest BCUT2D eigenvalue weighted by Crippen LogP contribution is -2.33. The van der Waals surface area contributed by atoms with Crippen molar-refractivity contribution in [3.8, 4) is 11.4 Å². The maximum absolute atomic E-state index is 13.2. The van der Waals surface area contributed by atoms with Gasteiger partial charge in [0.1, 0.15) is 12.4 Å². The van der Waals surface area contributed by atoms with Crippen molar-refractivity contribution in [3.05, 3.63) is 80.7 Å². The molecular formula is C24H26ClN3O3. The molecule has 0 unspecified atom stereocenters. The predicted molar refractivity (Wildman–Crippen MR) is 124 cm³/mol. The number of nitrogens with zero attached hydrogens (tertiary/aromatic N) is 2. The van der Waals surface area contributed by atoms with Gasteiger partial charge < -0.3 is 10.4 Å². The molecule has 0 saturated carbocycles. The average Bonchev–Trinajstić information content (AvgIpc) is 2.74. The quantitative estimate of drug-likeness (QED) is 0.578. The molecule has 1 heterocycles. The number of hydrogen-bond acceptors (Lipinski definition) is 4. The molecule has 2 aromatic carbocycles. The Labute approximate surface area is 186 Å². The summed E-state index contributed by atoms with van der Waals surface area (Å²) in [7, 11) is 0. The van der Waals surface area contributed by atoms with Gasteiger partial charge in [0.15, 0.2) is 0 Å². The molecule has 3 rings (SSSR count). The second kappa shape index (κ2) is 9.90. The van der Waals surface area contributed by atoms with E-state index in [1.165, 1.54) is 4.57 Å². The highest BCUT2D eigenvalue weighted by molar-refractivity contribution is 6.30. The summed E-state index contributed by atoms with van der Waals surface area (Å²) in [6.07, 6.45) is 0.177. The van der Waals surface area contributed by atoms with Gasteiger partial charge in [-0.3, -0.25) is 14.2 Å². The first kappa shape index (κ1) is 22.7. The molecule has 0 atom stereocenters. The molecule has 0 aliphatic carbocycles. The minimum absolute atomic E-state index is 0.175. The summed E-state index contributed by atoms with van der Waals surface area (Å²) in [5.41, 5.74) is 3.01. The number of aromatic nitrogens is 2. The van der Waals surface area contributed by atoms with Crippen LogP contribution in [0.2, 0.25) is 5.02 Å². The minimum Gasteiger partial charge on any atom is -0.396 e. The van der Waals surface area contributed by atoms with Crippen molar-refractivity contribution in [3.63, 3.8) is 0 Å². The van der Waals surface area contributed by atoms with Gasteiger partial charge in [-0.2, -0.15) is 0 Å². The highest BCUT2D eigenvalue weighted by atomic mass is 35.5. The third-order valence-corrected chi connectivity index (χ3v) is 5.34. The van der Waals surface area contributed by atoms with E-state index in [1.54, 1.807) is 31.2 Å². The van der Waals surface area contributed by atoms with E-state index in [0.717, 1.165) is 11.3 Å². The van der Waals surface area contributed by atoms with Crippen LogP contribution in [0.25, 0.3) is 11.4 Å². The number of aliphatic hydroxyl groups is 1. The number of halogens is 1. The number of carbonyl (C=O) groups excluding carboxylic acids is 1. The number of aliphatic hydroxyl groups excluding tert-OH is 1. The van der Waals surface area contributed by atoms with Gasteiger partial charge in [-0.1, -0.05) is 43.6 Å². The number of amides is 1. The smallest absolute Gasteiger partial charge is 0.257 e. The van der Waals surface area contributed by atoms with Gasteiger partial charge in [0, 0.05) is 40.6 Å². The van der Waals surface area contributed by atoms with Crippen LogP contribution >= 0.6 is 11.6 Å². The minimum atomic E-state index is -0.334. The zero-order valence-corrected chi connectivity index (χ0v) is 18.6. The fourth-order valence-electron chi connectivity index (χ4n) is 3.51. The molecule has 2 N–H and O–H groups in total. The van der Waals surface area contributed by atoms with Crippen LogP contribution in [0.5, 0.6) is 0 Å². The Morgan fingerprint density at radius 1 is 1.16 bits per heavy atom. The SMILES string of the molecule is Cc1nc(-c2ccc(Cl)cc2)n(CC(=O)Nc2ccccc2C(C)C)c(=O)c1CCO. The zero-order chi connectivity index (χ0) is 22.5. The fourth-order valence-corrected chi connectivity index (χ4v) is 3.64. The largest absolute Gasteiger partial charge is 0.396 e. The van der Waals surface area contributed by atoms with Crippen molar-refractivity contribution in [1.29, 1.82) is 0 Å². The second-order valence-corrected chi connectivity index (χ2v) is 8.10. The van der Waals surface area contributed by atoms with Crippen molar-refractivity contribution < 1.29 is 9.90 Å². The van der Waals surface area contributed by atoms with Crippen molar-refractivity contribution in [2.75, 3.05) is 11.9 Å². The van der Waals surface area contributed by atoms with Crippen LogP contribution in [0, 0.1) is 6.92 Å². The molecule has 0 aliphatic heterocycles. The molecule has 0 fully saturated rings. The normalized spacial score (nSPS) is 11.0. The van der Waals surface area contributed by atoms with Crippen molar-refractivity contribution in [1.82, 2.24) is 9.55 Å². The van der Waals surface area contributed by atoms with Crippen LogP contribution in [0.4, 0.5) is 5.69 Å². The first-order valence-electron chi connectivity index (χ1n) is 10.2. The number of hydrogen-bond donors (Lipinski definition) is 2. The molecule has 162 valence electrons. The number of nitrogens with one attached hydrogen (secondary N) is 1. The van der Waals surface area contributed by atoms with Gasteiger partial charge in [-0.05, 0) is 48.7 Å². The number of carbonyl (C=O) groups is 1. The first-order valence-corrected chi connectivity index (χ1v) is 10.6. The summed E-state index contributed by atoms with van der Waals surface area (Å²) in [4.78, 5) is 30.7. The van der Waals surface area contributed by atoms with Crippen LogP contribution in [0.15, 0.2) is 53.3 Å². The molecule has 0 spiro atoms. The third kappa shape index (κ3) is 5.21. The summed E-state index contributed by atoms with van der Waals surface area (Å²) < 4.78 is 1.36. The Morgan fingerprint density at radius 2 is 1.84 bits per heavy atom. The summed E-state index contributed by atoms with van der Waals surface area (Å²) in [5, 5.41) is 12.9. The van der Waals surface area contributed by atoms with Crippen molar-refractivity contribution in [2.45, 2.75) is 39.7 Å². The van der Waals surface area contributed by atoms with Crippen LogP contribution < -0.4 is 10.9 Å². The second-order valence-electron chi connectivity index (χ2n) is 7.66. The molecular weight excluding hydrogens is 414 g/mol. The lowest BCUT2D eigenvalue weighted by atomic mass is 10.0. The summed E-state index contributed by atoms with van der Waals surface area (Å²) >= 11 is 6.00. The van der Waals surface area contributed by atoms with Gasteiger partial charge >= 0.3 is 0 Å². The Bertz CT molecular complexity index is 1140. The maximum atomic E-state index is 13.2. The van der Waals surface area contributed by atoms with E-state index in [0.29, 0.717) is 27.7 Å². The Balaban J connectivity index is 2.02. The van der Waals surface area contributed by atoms with Gasteiger partial charge in [0.05, 0.1) is 0 Å². The van der Waals surface area contributed by atoms with E-state index in [4.69, 9.17) is 11.6 Å². The monoisotopic (exact) mass is 439 g/mol. The van der Waals surface area contributed by atoms with E-state index in [2.05, 4.69) is 24.1 Å². The lowest BCUT2D eigenvalue weighted by Gasteiger charge is -2.17. The molecule has 31 heavy (non-hydrogen) atoms. The lowest BCUT2D eigenvalue weighted by molar-refractivity contribution is -0.116. The van der Waals surface area contributed by atoms with Gasteiger partial charge in [-0.25, -0.2) is 4.98 Å². The van der Waals surface area contributed by atoms with E-state index < -0.39 is 0 Å². The molecule has 0 saturated heterocycles. The molecule has 3 aromatic rings. The topological polar surface area (TPSA) is 84.2 Å². The Morgan fingerprint density at radius 3 is 2.48 bits per heavy atom. The van der Waals surface area contributed by atoms with Gasteiger partial charge in [0.2, 0.25) is 5.91 Å². The summed E-state index contributed by atoms with van der Waals surface area (Å²) in [6, 6.07) is 14.6.